The van der Waals surface area contributed by atoms with E-state index in [1.807, 2.05) is 24.8 Å². The Bertz CT molecular complexity index is 948. The lowest BCUT2D eigenvalue weighted by Crippen LogP contribution is -2.47. The first-order valence-corrected chi connectivity index (χ1v) is 15.4. The minimum Gasteiger partial charge on any atom is -0.348 e. The Kier molecular flexibility index (Phi) is 8.16. The van der Waals surface area contributed by atoms with E-state index in [0.29, 0.717) is 17.2 Å². The van der Waals surface area contributed by atoms with Crippen molar-refractivity contribution >= 4 is 5.91 Å². The maximum atomic E-state index is 13.6. The second-order valence-corrected chi connectivity index (χ2v) is 12.8. The molecule has 0 atom stereocenters. The molecule has 2 saturated carbocycles. The van der Waals surface area contributed by atoms with Gasteiger partial charge < -0.3 is 19.8 Å². The van der Waals surface area contributed by atoms with Crippen molar-refractivity contribution < 1.29 is 4.79 Å². The van der Waals surface area contributed by atoms with Crippen molar-refractivity contribution in [3.05, 3.63) is 36.4 Å². The van der Waals surface area contributed by atoms with Gasteiger partial charge in [0.1, 0.15) is 11.6 Å². The third-order valence-electron chi connectivity index (χ3n) is 10.3. The normalized spacial score (nSPS) is 26.9. The van der Waals surface area contributed by atoms with E-state index in [1.165, 1.54) is 64.5 Å². The number of likely N-dealkylation sites (tertiary alicyclic amines) is 2. The minimum atomic E-state index is 0.229. The molecule has 38 heavy (non-hydrogen) atoms. The summed E-state index contributed by atoms with van der Waals surface area (Å²) in [7, 11) is 0. The van der Waals surface area contributed by atoms with Gasteiger partial charge in [-0.2, -0.15) is 0 Å². The third kappa shape index (κ3) is 6.17. The Balaban J connectivity index is 0.967. The van der Waals surface area contributed by atoms with Crippen LogP contribution in [0.3, 0.4) is 0 Å². The fraction of sp³-hybridized carbons (Fsp3) is 0.767. The van der Waals surface area contributed by atoms with Crippen molar-refractivity contribution in [3.63, 3.8) is 0 Å². The first-order valence-electron chi connectivity index (χ1n) is 15.4. The molecule has 0 aromatic carbocycles. The molecule has 0 unspecified atom stereocenters. The molecule has 208 valence electrons. The SMILES string of the molecule is O=C(C1CCC(CN(Cc2ncc[nH]2)Cc2ncc[nH]2)CC1)N1CCC2(CCN(C3CCCCC3)CC2)C1. The molecule has 4 aliphatic rings. The molecule has 6 rings (SSSR count). The second-order valence-electron chi connectivity index (χ2n) is 12.8. The second kappa shape index (κ2) is 11.9. The van der Waals surface area contributed by atoms with E-state index in [-0.39, 0.29) is 5.92 Å². The van der Waals surface area contributed by atoms with Gasteiger partial charge in [0.05, 0.1) is 13.1 Å². The summed E-state index contributed by atoms with van der Waals surface area (Å²) in [5.41, 5.74) is 0.399. The summed E-state index contributed by atoms with van der Waals surface area (Å²) in [5.74, 6) is 3.30. The summed E-state index contributed by atoms with van der Waals surface area (Å²) in [4.78, 5) is 36.4. The molecule has 2 saturated heterocycles. The number of aromatic nitrogens is 4. The van der Waals surface area contributed by atoms with E-state index in [4.69, 9.17) is 0 Å². The van der Waals surface area contributed by atoms with Crippen LogP contribution in [0.25, 0.3) is 0 Å². The van der Waals surface area contributed by atoms with Crippen LogP contribution in [0.4, 0.5) is 0 Å². The molecule has 0 radical (unpaired) electrons. The number of nitrogens with one attached hydrogen (secondary N) is 2. The van der Waals surface area contributed by atoms with E-state index >= 15 is 0 Å². The minimum absolute atomic E-state index is 0.229. The van der Waals surface area contributed by atoms with E-state index in [0.717, 1.165) is 76.1 Å². The Hall–Kier alpha value is -2.19. The smallest absolute Gasteiger partial charge is 0.225 e. The highest BCUT2D eigenvalue weighted by molar-refractivity contribution is 5.79. The van der Waals surface area contributed by atoms with Crippen LogP contribution in [-0.2, 0) is 17.9 Å². The van der Waals surface area contributed by atoms with Gasteiger partial charge >= 0.3 is 0 Å². The predicted molar refractivity (Wildman–Crippen MR) is 148 cm³/mol. The highest BCUT2D eigenvalue weighted by Gasteiger charge is 2.44. The fourth-order valence-electron chi connectivity index (χ4n) is 7.93. The lowest BCUT2D eigenvalue weighted by atomic mass is 9.76. The van der Waals surface area contributed by atoms with Gasteiger partial charge in [0.15, 0.2) is 0 Å². The number of amides is 1. The Morgan fingerprint density at radius 2 is 1.50 bits per heavy atom. The predicted octanol–water partition coefficient (Wildman–Crippen LogP) is 4.59. The van der Waals surface area contributed by atoms with Crippen LogP contribution in [0.2, 0.25) is 0 Å². The molecule has 0 bridgehead atoms. The fourth-order valence-corrected chi connectivity index (χ4v) is 7.93. The van der Waals surface area contributed by atoms with Crippen molar-refractivity contribution in [2.75, 3.05) is 32.7 Å². The highest BCUT2D eigenvalue weighted by Crippen LogP contribution is 2.43. The third-order valence-corrected chi connectivity index (χ3v) is 10.3. The van der Waals surface area contributed by atoms with Gasteiger partial charge in [-0.3, -0.25) is 9.69 Å². The number of hydrogen-bond donors (Lipinski definition) is 2. The van der Waals surface area contributed by atoms with E-state index in [1.54, 1.807) is 0 Å². The zero-order valence-corrected chi connectivity index (χ0v) is 23.1. The Morgan fingerprint density at radius 1 is 0.868 bits per heavy atom. The van der Waals surface area contributed by atoms with E-state index in [2.05, 4.69) is 34.6 Å². The summed E-state index contributed by atoms with van der Waals surface area (Å²) in [5, 5.41) is 0. The largest absolute Gasteiger partial charge is 0.348 e. The molecular formula is C30H47N7O. The van der Waals surface area contributed by atoms with Crippen LogP contribution >= 0.6 is 0 Å². The molecule has 4 heterocycles. The number of piperidine rings is 1. The molecule has 2 aromatic rings. The molecule has 8 nitrogen and oxygen atoms in total. The standard InChI is InChI=1S/C30H47N7O/c38-29(37-19-12-30(23-37)10-17-36(18-11-30)26-4-2-1-3-5-26)25-8-6-24(7-9-25)20-35(21-27-31-13-14-32-27)22-28-33-15-16-34-28/h13-16,24-26H,1-12,17-23H2,(H,31,32)(H,33,34). The van der Waals surface area contributed by atoms with Gasteiger partial charge in [0.25, 0.3) is 0 Å². The molecule has 2 aliphatic heterocycles. The Labute approximate surface area is 228 Å². The molecule has 4 fully saturated rings. The van der Waals surface area contributed by atoms with Crippen LogP contribution in [0.15, 0.2) is 24.8 Å². The topological polar surface area (TPSA) is 84.1 Å². The monoisotopic (exact) mass is 521 g/mol. The summed E-state index contributed by atoms with van der Waals surface area (Å²) >= 11 is 0. The number of carbonyl (C=O) groups is 1. The van der Waals surface area contributed by atoms with Crippen LogP contribution < -0.4 is 0 Å². The lowest BCUT2D eigenvalue weighted by Gasteiger charge is -2.44. The molecule has 2 N–H and O–H groups in total. The number of hydrogen-bond acceptors (Lipinski definition) is 5. The number of H-pyrrole nitrogens is 2. The summed E-state index contributed by atoms with van der Waals surface area (Å²) < 4.78 is 0. The molecule has 1 spiro atoms. The zero-order valence-electron chi connectivity index (χ0n) is 23.1. The van der Waals surface area contributed by atoms with Crippen molar-refractivity contribution in [1.82, 2.24) is 34.6 Å². The first-order chi connectivity index (χ1) is 18.7. The molecule has 2 aromatic heterocycles. The van der Waals surface area contributed by atoms with Gasteiger partial charge in [0.2, 0.25) is 5.91 Å². The number of nitrogens with zero attached hydrogens (tertiary/aromatic N) is 5. The van der Waals surface area contributed by atoms with Gasteiger partial charge in [0, 0.05) is 56.4 Å². The van der Waals surface area contributed by atoms with Crippen LogP contribution in [0.1, 0.15) is 88.7 Å². The van der Waals surface area contributed by atoms with E-state index in [9.17, 15) is 4.79 Å². The van der Waals surface area contributed by atoms with Crippen LogP contribution in [0, 0.1) is 17.3 Å². The van der Waals surface area contributed by atoms with Crippen LogP contribution in [0.5, 0.6) is 0 Å². The highest BCUT2D eigenvalue weighted by atomic mass is 16.2. The van der Waals surface area contributed by atoms with Crippen molar-refractivity contribution in [3.8, 4) is 0 Å². The average molecular weight is 522 g/mol. The molecule has 2 aliphatic carbocycles. The molecule has 1 amide bonds. The summed E-state index contributed by atoms with van der Waals surface area (Å²) in [6, 6.07) is 0.838. The van der Waals surface area contributed by atoms with E-state index < -0.39 is 0 Å². The lowest BCUT2D eigenvalue weighted by molar-refractivity contribution is -0.136. The Morgan fingerprint density at radius 3 is 2.11 bits per heavy atom. The number of aromatic amines is 2. The molecule has 8 heteroatoms. The van der Waals surface area contributed by atoms with Gasteiger partial charge in [-0.25, -0.2) is 9.97 Å². The maximum Gasteiger partial charge on any atom is 0.225 e. The number of imidazole rings is 2. The van der Waals surface area contributed by atoms with Gasteiger partial charge in [-0.05, 0) is 82.2 Å². The molecular weight excluding hydrogens is 474 g/mol. The quantitative estimate of drug-likeness (QED) is 0.531. The summed E-state index contributed by atoms with van der Waals surface area (Å²) in [6.07, 6.45) is 22.7. The first kappa shape index (κ1) is 26.1. The number of carbonyl (C=O) groups excluding carboxylic acids is 1. The number of rotatable bonds is 8. The summed E-state index contributed by atoms with van der Waals surface area (Å²) in [6.45, 7) is 7.12. The van der Waals surface area contributed by atoms with Crippen molar-refractivity contribution in [2.24, 2.45) is 17.3 Å². The van der Waals surface area contributed by atoms with Crippen molar-refractivity contribution in [2.45, 2.75) is 96.2 Å². The van der Waals surface area contributed by atoms with Crippen LogP contribution in [-0.4, -0.2) is 79.3 Å². The zero-order chi connectivity index (χ0) is 25.8. The maximum absolute atomic E-state index is 13.6. The average Bonchev–Trinajstić information content (AvgIpc) is 3.74. The van der Waals surface area contributed by atoms with Gasteiger partial charge in [-0.1, -0.05) is 19.3 Å². The van der Waals surface area contributed by atoms with Crippen molar-refractivity contribution in [1.29, 1.82) is 0 Å². The van der Waals surface area contributed by atoms with Gasteiger partial charge in [-0.15, -0.1) is 0 Å².